The number of nitrogens with two attached hydrogens (primary N) is 2. The summed E-state index contributed by atoms with van der Waals surface area (Å²) in [6.07, 6.45) is 1.28. The SMILES string of the molecule is NCCCCOc1cc2cc(S(=O)(=O)NCP(=O)(O)O)sc2cc1OCCCN. The van der Waals surface area contributed by atoms with E-state index in [9.17, 15) is 13.0 Å². The van der Waals surface area contributed by atoms with Gasteiger partial charge in [-0.1, -0.05) is 0 Å². The van der Waals surface area contributed by atoms with Gasteiger partial charge in [0.25, 0.3) is 10.0 Å². The topological polar surface area (TPSA) is 174 Å². The molecular formula is C16H26N3O7PS2. The van der Waals surface area contributed by atoms with Crippen molar-refractivity contribution in [2.75, 3.05) is 32.6 Å². The molecular weight excluding hydrogens is 441 g/mol. The number of rotatable bonds is 13. The van der Waals surface area contributed by atoms with Crippen LogP contribution in [0.5, 0.6) is 11.5 Å². The number of hydrogen-bond donors (Lipinski definition) is 5. The molecule has 10 nitrogen and oxygen atoms in total. The van der Waals surface area contributed by atoms with Crippen LogP contribution in [0.2, 0.25) is 0 Å². The molecule has 29 heavy (non-hydrogen) atoms. The maximum absolute atomic E-state index is 12.3. The van der Waals surface area contributed by atoms with Gasteiger partial charge in [0.05, 0.1) is 13.2 Å². The second-order valence-corrected chi connectivity index (χ2v) is 10.9. The molecule has 0 bridgehead atoms. The van der Waals surface area contributed by atoms with Crippen molar-refractivity contribution < 1.29 is 32.2 Å². The molecule has 0 amide bonds. The first kappa shape index (κ1) is 24.0. The molecule has 2 aromatic rings. The van der Waals surface area contributed by atoms with Crippen molar-refractivity contribution in [1.82, 2.24) is 4.72 Å². The predicted molar refractivity (Wildman–Crippen MR) is 112 cm³/mol. The smallest absolute Gasteiger partial charge is 0.340 e. The quantitative estimate of drug-likeness (QED) is 0.214. The molecule has 0 unspecified atom stereocenters. The Morgan fingerprint density at radius 3 is 2.24 bits per heavy atom. The second kappa shape index (κ2) is 10.7. The van der Waals surface area contributed by atoms with Crippen LogP contribution < -0.4 is 25.7 Å². The zero-order chi connectivity index (χ0) is 21.5. The third-order valence-corrected chi connectivity index (χ3v) is 7.50. The van der Waals surface area contributed by atoms with Crippen LogP contribution in [-0.2, 0) is 14.6 Å². The van der Waals surface area contributed by atoms with Crippen molar-refractivity contribution in [2.24, 2.45) is 11.5 Å². The molecule has 0 atom stereocenters. The molecule has 0 aliphatic carbocycles. The molecule has 164 valence electrons. The molecule has 1 aromatic heterocycles. The Hall–Kier alpha value is -1.24. The van der Waals surface area contributed by atoms with Gasteiger partial charge in [0.1, 0.15) is 10.5 Å². The molecule has 1 heterocycles. The molecule has 0 aliphatic heterocycles. The van der Waals surface area contributed by atoms with Gasteiger partial charge in [-0.25, -0.2) is 8.42 Å². The molecule has 13 heteroatoms. The van der Waals surface area contributed by atoms with Gasteiger partial charge in [0.2, 0.25) is 0 Å². The molecule has 2 rings (SSSR count). The highest BCUT2D eigenvalue weighted by Gasteiger charge is 2.23. The lowest BCUT2D eigenvalue weighted by molar-refractivity contribution is 0.263. The van der Waals surface area contributed by atoms with Gasteiger partial charge in [-0.2, -0.15) is 4.72 Å². The highest BCUT2D eigenvalue weighted by Crippen LogP contribution is 2.39. The number of benzene rings is 1. The van der Waals surface area contributed by atoms with Gasteiger partial charge in [0, 0.05) is 10.8 Å². The lowest BCUT2D eigenvalue weighted by Gasteiger charge is -2.13. The normalized spacial score (nSPS) is 12.4. The standard InChI is InChI=1S/C16H26N3O7PS2/c17-4-1-2-6-25-13-8-12-9-16(29(23,24)19-11-27(20,21)22)28-15(12)10-14(13)26-7-3-5-18/h8-10,19H,1-7,11,17-18H2,(H2,20,21,22). The summed E-state index contributed by atoms with van der Waals surface area (Å²) in [4.78, 5) is 17.8. The summed E-state index contributed by atoms with van der Waals surface area (Å²) >= 11 is 0.969. The first-order valence-corrected chi connectivity index (χ1v) is 13.0. The average molecular weight is 468 g/mol. The maximum Gasteiger partial charge on any atom is 0.340 e. The van der Waals surface area contributed by atoms with Gasteiger partial charge in [-0.15, -0.1) is 11.3 Å². The zero-order valence-electron chi connectivity index (χ0n) is 15.7. The third kappa shape index (κ3) is 7.50. The number of ether oxygens (including phenoxy) is 2. The van der Waals surface area contributed by atoms with Crippen molar-refractivity contribution in [3.05, 3.63) is 18.2 Å². The van der Waals surface area contributed by atoms with Crippen molar-refractivity contribution in [3.8, 4) is 11.5 Å². The fraction of sp³-hybridized carbons (Fsp3) is 0.500. The Kier molecular flexibility index (Phi) is 8.86. The number of nitrogens with one attached hydrogen (secondary N) is 1. The zero-order valence-corrected chi connectivity index (χ0v) is 18.3. The third-order valence-electron chi connectivity index (χ3n) is 3.75. The van der Waals surface area contributed by atoms with E-state index in [-0.39, 0.29) is 4.21 Å². The van der Waals surface area contributed by atoms with E-state index in [1.54, 1.807) is 12.1 Å². The summed E-state index contributed by atoms with van der Waals surface area (Å²) in [5, 5.41) is 0.617. The van der Waals surface area contributed by atoms with Gasteiger partial charge < -0.3 is 30.7 Å². The molecule has 7 N–H and O–H groups in total. The van der Waals surface area contributed by atoms with Crippen LogP contribution in [-0.4, -0.2) is 50.8 Å². The van der Waals surface area contributed by atoms with Crippen molar-refractivity contribution in [2.45, 2.75) is 23.5 Å². The highest BCUT2D eigenvalue weighted by molar-refractivity contribution is 7.92. The maximum atomic E-state index is 12.3. The first-order chi connectivity index (χ1) is 13.7. The summed E-state index contributed by atoms with van der Waals surface area (Å²) in [5.41, 5.74) is 11.0. The lowest BCUT2D eigenvalue weighted by Crippen LogP contribution is -2.23. The first-order valence-electron chi connectivity index (χ1n) is 8.94. The molecule has 1 aromatic carbocycles. The molecule has 0 radical (unpaired) electrons. The van der Waals surface area contributed by atoms with Crippen LogP contribution in [0.25, 0.3) is 10.1 Å². The summed E-state index contributed by atoms with van der Waals surface area (Å²) in [7, 11) is -8.57. The fourth-order valence-electron chi connectivity index (χ4n) is 2.32. The molecule has 0 aliphatic rings. The molecule has 0 fully saturated rings. The van der Waals surface area contributed by atoms with Gasteiger partial charge in [-0.05, 0) is 49.9 Å². The minimum atomic E-state index is -4.51. The second-order valence-electron chi connectivity index (χ2n) is 6.21. The number of thiophene rings is 1. The average Bonchev–Trinajstić information content (AvgIpc) is 3.07. The Bertz CT molecular complexity index is 959. The highest BCUT2D eigenvalue weighted by atomic mass is 32.2. The minimum absolute atomic E-state index is 0.0610. The summed E-state index contributed by atoms with van der Waals surface area (Å²) in [6.45, 7) is 1.87. The van der Waals surface area contributed by atoms with Crippen molar-refractivity contribution >= 4 is 39.0 Å². The predicted octanol–water partition coefficient (Wildman–Crippen LogP) is 1.16. The van der Waals surface area contributed by atoms with Crippen LogP contribution in [0.4, 0.5) is 0 Å². The monoisotopic (exact) mass is 467 g/mol. The van der Waals surface area contributed by atoms with E-state index in [0.717, 1.165) is 24.2 Å². The lowest BCUT2D eigenvalue weighted by atomic mass is 10.2. The van der Waals surface area contributed by atoms with E-state index in [2.05, 4.69) is 0 Å². The van der Waals surface area contributed by atoms with Crippen molar-refractivity contribution in [3.63, 3.8) is 0 Å². The molecule has 0 spiro atoms. The van der Waals surface area contributed by atoms with Crippen molar-refractivity contribution in [1.29, 1.82) is 0 Å². The molecule has 0 saturated heterocycles. The van der Waals surface area contributed by atoms with Crippen LogP contribution in [0.3, 0.4) is 0 Å². The molecule has 0 saturated carbocycles. The number of hydrogen-bond acceptors (Lipinski definition) is 8. The van der Waals surface area contributed by atoms with E-state index in [4.69, 9.17) is 30.7 Å². The number of fused-ring (bicyclic) bond motifs is 1. The fourth-order valence-corrected chi connectivity index (χ4v) is 5.78. The largest absolute Gasteiger partial charge is 0.490 e. The van der Waals surface area contributed by atoms with E-state index >= 15 is 0 Å². The Balaban J connectivity index is 2.30. The minimum Gasteiger partial charge on any atom is -0.490 e. The summed E-state index contributed by atoms with van der Waals surface area (Å²) in [5.74, 6) is 0.962. The Morgan fingerprint density at radius 1 is 1.00 bits per heavy atom. The number of sulfonamides is 1. The summed E-state index contributed by atoms with van der Waals surface area (Å²) in [6, 6.07) is 4.81. The Morgan fingerprint density at radius 2 is 1.62 bits per heavy atom. The summed E-state index contributed by atoms with van der Waals surface area (Å²) < 4.78 is 49.7. The van der Waals surface area contributed by atoms with Crippen LogP contribution >= 0.6 is 18.9 Å². The van der Waals surface area contributed by atoms with Gasteiger partial charge in [-0.3, -0.25) is 4.57 Å². The van der Waals surface area contributed by atoms with Crippen LogP contribution in [0, 0.1) is 0 Å². The van der Waals surface area contributed by atoms with E-state index in [0.29, 0.717) is 54.3 Å². The van der Waals surface area contributed by atoms with Crippen LogP contribution in [0.15, 0.2) is 22.4 Å². The van der Waals surface area contributed by atoms with E-state index in [1.807, 2.05) is 4.72 Å². The van der Waals surface area contributed by atoms with E-state index in [1.165, 1.54) is 6.07 Å². The van der Waals surface area contributed by atoms with Gasteiger partial charge in [0.15, 0.2) is 11.5 Å². The number of unbranched alkanes of at least 4 members (excludes halogenated alkanes) is 1. The van der Waals surface area contributed by atoms with Gasteiger partial charge >= 0.3 is 7.60 Å². The Labute approximate surface area is 173 Å². The van der Waals surface area contributed by atoms with E-state index < -0.39 is 23.9 Å². The van der Waals surface area contributed by atoms with Crippen LogP contribution in [0.1, 0.15) is 19.3 Å².